The maximum Gasteiger partial charge on any atom is 0.119 e. The van der Waals surface area contributed by atoms with Crippen LogP contribution >= 0.6 is 11.8 Å². The zero-order valence-corrected chi connectivity index (χ0v) is 11.9. The van der Waals surface area contributed by atoms with Gasteiger partial charge in [-0.1, -0.05) is 17.9 Å². The summed E-state index contributed by atoms with van der Waals surface area (Å²) in [6.07, 6.45) is 1.80. The van der Waals surface area contributed by atoms with Crippen LogP contribution in [0.15, 0.2) is 53.7 Å². The Balaban J connectivity index is 1.74. The molecule has 2 aromatic rings. The lowest BCUT2D eigenvalue weighted by atomic mass is 10.2. The monoisotopic (exact) mass is 284 g/mol. The van der Waals surface area contributed by atoms with Crippen LogP contribution in [-0.2, 0) is 0 Å². The molecule has 2 N–H and O–H groups in total. The lowest BCUT2D eigenvalue weighted by Crippen LogP contribution is -2.00. The molecule has 0 atom stereocenters. The van der Waals surface area contributed by atoms with Crippen molar-refractivity contribution < 1.29 is 4.74 Å². The molecule has 20 heavy (non-hydrogen) atoms. The largest absolute Gasteiger partial charge is 0.493 e. The van der Waals surface area contributed by atoms with Crippen molar-refractivity contribution in [1.82, 2.24) is 4.98 Å². The molecule has 0 unspecified atom stereocenters. The Kier molecular flexibility index (Phi) is 5.97. The molecule has 0 saturated carbocycles. The third-order valence-electron chi connectivity index (χ3n) is 2.43. The predicted octanol–water partition coefficient (Wildman–Crippen LogP) is 2.56. The van der Waals surface area contributed by atoms with Crippen LogP contribution in [0.25, 0.3) is 0 Å². The third kappa shape index (κ3) is 4.96. The number of hydrogen-bond acceptors (Lipinski definition) is 4. The standard InChI is InChI=1S/C16H16N2OS/c17-10-3-4-14-6-8-15(9-7-14)19-12-13-20-16-5-1-2-11-18-16/h1-2,5-9,11H,10,12-13,17H2. The molecular weight excluding hydrogens is 268 g/mol. The maximum absolute atomic E-state index is 5.67. The Morgan fingerprint density at radius 3 is 2.70 bits per heavy atom. The van der Waals surface area contributed by atoms with Crippen molar-refractivity contribution in [2.45, 2.75) is 5.03 Å². The lowest BCUT2D eigenvalue weighted by molar-refractivity contribution is 0.344. The zero-order chi connectivity index (χ0) is 14.0. The summed E-state index contributed by atoms with van der Waals surface area (Å²) in [5.74, 6) is 7.52. The Hall–Kier alpha value is -1.96. The summed E-state index contributed by atoms with van der Waals surface area (Å²) >= 11 is 1.68. The minimum atomic E-state index is 0.378. The Bertz CT molecular complexity index is 573. The lowest BCUT2D eigenvalue weighted by Gasteiger charge is -2.05. The number of benzene rings is 1. The number of aromatic nitrogens is 1. The molecular formula is C16H16N2OS. The summed E-state index contributed by atoms with van der Waals surface area (Å²) in [4.78, 5) is 4.25. The van der Waals surface area contributed by atoms with Crippen molar-refractivity contribution in [3.63, 3.8) is 0 Å². The summed E-state index contributed by atoms with van der Waals surface area (Å²) in [5, 5.41) is 1.02. The van der Waals surface area contributed by atoms with Crippen LogP contribution in [0, 0.1) is 11.8 Å². The van der Waals surface area contributed by atoms with Crippen LogP contribution in [0.5, 0.6) is 5.75 Å². The van der Waals surface area contributed by atoms with E-state index in [9.17, 15) is 0 Å². The molecule has 0 bridgehead atoms. The number of pyridine rings is 1. The summed E-state index contributed by atoms with van der Waals surface area (Å²) in [5.41, 5.74) is 6.28. The van der Waals surface area contributed by atoms with E-state index in [1.54, 1.807) is 18.0 Å². The molecule has 0 aliphatic heterocycles. The van der Waals surface area contributed by atoms with Crippen molar-refractivity contribution in [3.05, 3.63) is 54.2 Å². The highest BCUT2D eigenvalue weighted by atomic mass is 32.2. The molecule has 102 valence electrons. The van der Waals surface area contributed by atoms with E-state index in [4.69, 9.17) is 10.5 Å². The van der Waals surface area contributed by atoms with Crippen LogP contribution in [0.1, 0.15) is 5.56 Å². The van der Waals surface area contributed by atoms with Gasteiger partial charge < -0.3 is 10.5 Å². The van der Waals surface area contributed by atoms with Crippen LogP contribution < -0.4 is 10.5 Å². The van der Waals surface area contributed by atoms with E-state index in [1.165, 1.54) is 0 Å². The van der Waals surface area contributed by atoms with Gasteiger partial charge in [-0.15, -0.1) is 11.8 Å². The predicted molar refractivity (Wildman–Crippen MR) is 82.8 cm³/mol. The SMILES string of the molecule is NCC#Cc1ccc(OCCSc2ccccn2)cc1. The number of ether oxygens (including phenoxy) is 1. The van der Waals surface area contributed by atoms with Crippen LogP contribution in [0.3, 0.4) is 0 Å². The van der Waals surface area contributed by atoms with E-state index in [0.717, 1.165) is 22.1 Å². The number of rotatable bonds is 5. The minimum Gasteiger partial charge on any atom is -0.493 e. The van der Waals surface area contributed by atoms with E-state index in [2.05, 4.69) is 16.8 Å². The molecule has 0 radical (unpaired) electrons. The average molecular weight is 284 g/mol. The van der Waals surface area contributed by atoms with Crippen LogP contribution in [-0.4, -0.2) is 23.9 Å². The van der Waals surface area contributed by atoms with E-state index in [1.807, 2.05) is 42.5 Å². The van der Waals surface area contributed by atoms with Gasteiger partial charge in [-0.05, 0) is 36.4 Å². The summed E-state index contributed by atoms with van der Waals surface area (Å²) in [6, 6.07) is 13.6. The fourth-order valence-electron chi connectivity index (χ4n) is 1.53. The molecule has 0 aliphatic rings. The second-order valence-corrected chi connectivity index (χ2v) is 5.01. The van der Waals surface area contributed by atoms with Gasteiger partial charge in [0, 0.05) is 17.5 Å². The minimum absolute atomic E-state index is 0.378. The fourth-order valence-corrected chi connectivity index (χ4v) is 2.21. The summed E-state index contributed by atoms with van der Waals surface area (Å²) in [6.45, 7) is 1.03. The highest BCUT2D eigenvalue weighted by Crippen LogP contribution is 2.15. The van der Waals surface area contributed by atoms with E-state index < -0.39 is 0 Å². The first-order valence-electron chi connectivity index (χ1n) is 6.34. The van der Waals surface area contributed by atoms with Crippen molar-refractivity contribution in [2.75, 3.05) is 18.9 Å². The quantitative estimate of drug-likeness (QED) is 0.521. The fraction of sp³-hybridized carbons (Fsp3) is 0.188. The first-order chi connectivity index (χ1) is 9.88. The second kappa shape index (κ2) is 8.26. The first-order valence-corrected chi connectivity index (χ1v) is 7.32. The summed E-state index contributed by atoms with van der Waals surface area (Å²) in [7, 11) is 0. The van der Waals surface area contributed by atoms with Gasteiger partial charge in [-0.3, -0.25) is 0 Å². The normalized spacial score (nSPS) is 9.65. The van der Waals surface area contributed by atoms with Crippen molar-refractivity contribution in [3.8, 4) is 17.6 Å². The molecule has 3 nitrogen and oxygen atoms in total. The molecule has 4 heteroatoms. The molecule has 1 aromatic heterocycles. The second-order valence-electron chi connectivity index (χ2n) is 3.90. The highest BCUT2D eigenvalue weighted by molar-refractivity contribution is 7.99. The summed E-state index contributed by atoms with van der Waals surface area (Å²) < 4.78 is 5.67. The number of hydrogen-bond donors (Lipinski definition) is 1. The molecule has 0 amide bonds. The molecule has 0 spiro atoms. The Morgan fingerprint density at radius 2 is 2.00 bits per heavy atom. The van der Waals surface area contributed by atoms with Gasteiger partial charge in [0.2, 0.25) is 0 Å². The number of thioether (sulfide) groups is 1. The molecule has 0 aliphatic carbocycles. The van der Waals surface area contributed by atoms with Crippen molar-refractivity contribution >= 4 is 11.8 Å². The van der Waals surface area contributed by atoms with E-state index in [0.29, 0.717) is 13.2 Å². The van der Waals surface area contributed by atoms with E-state index in [-0.39, 0.29) is 0 Å². The Labute approximate surface area is 123 Å². The highest BCUT2D eigenvalue weighted by Gasteiger charge is 1.96. The van der Waals surface area contributed by atoms with Crippen molar-refractivity contribution in [2.24, 2.45) is 5.73 Å². The Morgan fingerprint density at radius 1 is 1.15 bits per heavy atom. The van der Waals surface area contributed by atoms with Crippen LogP contribution in [0.2, 0.25) is 0 Å². The topological polar surface area (TPSA) is 48.1 Å². The molecule has 2 rings (SSSR count). The number of nitrogens with zero attached hydrogens (tertiary/aromatic N) is 1. The average Bonchev–Trinajstić information content (AvgIpc) is 2.52. The van der Waals surface area contributed by atoms with Gasteiger partial charge in [-0.25, -0.2) is 4.98 Å². The first kappa shape index (κ1) is 14.4. The van der Waals surface area contributed by atoms with Gasteiger partial charge in [-0.2, -0.15) is 0 Å². The van der Waals surface area contributed by atoms with Crippen molar-refractivity contribution in [1.29, 1.82) is 0 Å². The third-order valence-corrected chi connectivity index (χ3v) is 3.34. The smallest absolute Gasteiger partial charge is 0.119 e. The van der Waals surface area contributed by atoms with E-state index >= 15 is 0 Å². The van der Waals surface area contributed by atoms with Gasteiger partial charge in [0.1, 0.15) is 5.75 Å². The number of nitrogens with two attached hydrogens (primary N) is 1. The van der Waals surface area contributed by atoms with Gasteiger partial charge in [0.05, 0.1) is 18.2 Å². The molecule has 0 saturated heterocycles. The zero-order valence-electron chi connectivity index (χ0n) is 11.1. The molecule has 0 fully saturated rings. The van der Waals surface area contributed by atoms with Gasteiger partial charge in [0.25, 0.3) is 0 Å². The molecule has 1 heterocycles. The van der Waals surface area contributed by atoms with Crippen LogP contribution in [0.4, 0.5) is 0 Å². The maximum atomic E-state index is 5.67. The van der Waals surface area contributed by atoms with Gasteiger partial charge >= 0.3 is 0 Å². The van der Waals surface area contributed by atoms with Gasteiger partial charge in [0.15, 0.2) is 0 Å². The molecule has 1 aromatic carbocycles.